The van der Waals surface area contributed by atoms with E-state index in [1.165, 1.54) is 19.3 Å². The Labute approximate surface area is 191 Å². The Morgan fingerprint density at radius 1 is 1.03 bits per heavy atom. The lowest BCUT2D eigenvalue weighted by Gasteiger charge is -2.22. The number of aryl methyl sites for hydroxylation is 1. The van der Waals surface area contributed by atoms with Crippen molar-refractivity contribution in [2.45, 2.75) is 45.1 Å². The van der Waals surface area contributed by atoms with Gasteiger partial charge in [0.15, 0.2) is 11.5 Å². The standard InChI is InChI=1S/C25H26N6O2/c1-16-11-13-26-21(15-16)29-25(32)17-7-9-19(10-8-17)33-20-12-14-27-23-22(20)24(31-30-23)28-18-5-3-2-4-6-18/h7-15,18H,2-6H2,1H3,(H,26,29,32)(H2,27,28,30,31). The number of benzene rings is 1. The van der Waals surface area contributed by atoms with Crippen molar-refractivity contribution in [1.29, 1.82) is 0 Å². The molecule has 33 heavy (non-hydrogen) atoms. The molecule has 3 heterocycles. The summed E-state index contributed by atoms with van der Waals surface area (Å²) in [5, 5.41) is 14.6. The van der Waals surface area contributed by atoms with E-state index >= 15 is 0 Å². The van der Waals surface area contributed by atoms with Gasteiger partial charge in [0, 0.05) is 30.1 Å². The topological polar surface area (TPSA) is 105 Å². The van der Waals surface area contributed by atoms with Crippen molar-refractivity contribution in [2.24, 2.45) is 0 Å². The number of ether oxygens (including phenoxy) is 1. The first kappa shape index (κ1) is 20.9. The highest BCUT2D eigenvalue weighted by Gasteiger charge is 2.19. The molecule has 0 bridgehead atoms. The molecule has 0 spiro atoms. The molecule has 0 saturated heterocycles. The van der Waals surface area contributed by atoms with Crippen LogP contribution in [0.5, 0.6) is 11.5 Å². The molecule has 0 atom stereocenters. The van der Waals surface area contributed by atoms with Crippen molar-refractivity contribution in [3.8, 4) is 11.5 Å². The highest BCUT2D eigenvalue weighted by molar-refractivity contribution is 6.03. The van der Waals surface area contributed by atoms with Gasteiger partial charge in [-0.2, -0.15) is 5.10 Å². The van der Waals surface area contributed by atoms with Gasteiger partial charge in [-0.3, -0.25) is 9.89 Å². The maximum atomic E-state index is 12.5. The average molecular weight is 443 g/mol. The van der Waals surface area contributed by atoms with Gasteiger partial charge < -0.3 is 15.4 Å². The van der Waals surface area contributed by atoms with Gasteiger partial charge in [0.05, 0.1) is 0 Å². The number of nitrogens with one attached hydrogen (secondary N) is 3. The molecule has 3 N–H and O–H groups in total. The number of carbonyl (C=O) groups excluding carboxylic acids is 1. The molecule has 1 amide bonds. The van der Waals surface area contributed by atoms with Crippen LogP contribution in [0.15, 0.2) is 54.9 Å². The second kappa shape index (κ2) is 9.28. The quantitative estimate of drug-likeness (QED) is 0.367. The van der Waals surface area contributed by atoms with Crippen molar-refractivity contribution < 1.29 is 9.53 Å². The summed E-state index contributed by atoms with van der Waals surface area (Å²) >= 11 is 0. The van der Waals surface area contributed by atoms with E-state index in [4.69, 9.17) is 4.74 Å². The van der Waals surface area contributed by atoms with Crippen LogP contribution in [0.4, 0.5) is 11.6 Å². The Hall–Kier alpha value is -3.94. The first-order chi connectivity index (χ1) is 16.2. The number of aromatic amines is 1. The summed E-state index contributed by atoms with van der Waals surface area (Å²) in [6, 6.07) is 13.0. The second-order valence-corrected chi connectivity index (χ2v) is 8.38. The van der Waals surface area contributed by atoms with E-state index in [2.05, 4.69) is 30.8 Å². The zero-order valence-electron chi connectivity index (χ0n) is 18.5. The lowest BCUT2D eigenvalue weighted by molar-refractivity contribution is 0.102. The zero-order chi connectivity index (χ0) is 22.6. The molecule has 1 saturated carbocycles. The predicted octanol–water partition coefficient (Wildman–Crippen LogP) is 5.45. The largest absolute Gasteiger partial charge is 0.456 e. The fraction of sp³-hybridized carbons (Fsp3) is 0.280. The van der Waals surface area contributed by atoms with E-state index in [-0.39, 0.29) is 5.91 Å². The third kappa shape index (κ3) is 4.79. The number of hydrogen-bond acceptors (Lipinski definition) is 6. The van der Waals surface area contributed by atoms with Crippen LogP contribution in [0.2, 0.25) is 0 Å². The van der Waals surface area contributed by atoms with Gasteiger partial charge in [-0.05, 0) is 61.7 Å². The van der Waals surface area contributed by atoms with Gasteiger partial charge in [0.2, 0.25) is 0 Å². The number of anilines is 2. The van der Waals surface area contributed by atoms with Crippen molar-refractivity contribution in [1.82, 2.24) is 20.2 Å². The third-order valence-electron chi connectivity index (χ3n) is 5.87. The highest BCUT2D eigenvalue weighted by atomic mass is 16.5. The van der Waals surface area contributed by atoms with Crippen molar-refractivity contribution >= 4 is 28.6 Å². The molecule has 0 aliphatic heterocycles. The number of fused-ring (bicyclic) bond motifs is 1. The van der Waals surface area contributed by atoms with Gasteiger partial charge in [0.1, 0.15) is 22.7 Å². The summed E-state index contributed by atoms with van der Waals surface area (Å²) in [6.07, 6.45) is 9.42. The van der Waals surface area contributed by atoms with Gasteiger partial charge >= 0.3 is 0 Å². The molecule has 3 aromatic heterocycles. The lowest BCUT2D eigenvalue weighted by atomic mass is 9.95. The van der Waals surface area contributed by atoms with Gasteiger partial charge in [-0.25, -0.2) is 9.97 Å². The number of hydrogen-bond donors (Lipinski definition) is 3. The molecular formula is C25H26N6O2. The summed E-state index contributed by atoms with van der Waals surface area (Å²) in [6.45, 7) is 1.95. The van der Waals surface area contributed by atoms with E-state index in [0.29, 0.717) is 34.6 Å². The maximum Gasteiger partial charge on any atom is 0.256 e. The highest BCUT2D eigenvalue weighted by Crippen LogP contribution is 2.34. The van der Waals surface area contributed by atoms with Crippen LogP contribution >= 0.6 is 0 Å². The smallest absolute Gasteiger partial charge is 0.256 e. The van der Waals surface area contributed by atoms with Crippen LogP contribution in [0, 0.1) is 6.92 Å². The summed E-state index contributed by atoms with van der Waals surface area (Å²) in [4.78, 5) is 21.1. The molecule has 4 aromatic rings. The van der Waals surface area contributed by atoms with Gasteiger partial charge in [-0.15, -0.1) is 0 Å². The molecule has 168 valence electrons. The van der Waals surface area contributed by atoms with Crippen molar-refractivity contribution in [3.63, 3.8) is 0 Å². The van der Waals surface area contributed by atoms with Crippen LogP contribution in [-0.2, 0) is 0 Å². The SMILES string of the molecule is Cc1ccnc(NC(=O)c2ccc(Oc3ccnc4[nH]nc(NC5CCCCC5)c34)cc2)c1. The summed E-state index contributed by atoms with van der Waals surface area (Å²) in [5.41, 5.74) is 2.23. The third-order valence-corrected chi connectivity index (χ3v) is 5.87. The summed E-state index contributed by atoms with van der Waals surface area (Å²) < 4.78 is 6.16. The number of rotatable bonds is 6. The molecule has 1 aromatic carbocycles. The van der Waals surface area contributed by atoms with Crippen LogP contribution in [0.25, 0.3) is 11.0 Å². The second-order valence-electron chi connectivity index (χ2n) is 8.38. The molecule has 0 unspecified atom stereocenters. The minimum atomic E-state index is -0.222. The Morgan fingerprint density at radius 3 is 2.61 bits per heavy atom. The fourth-order valence-corrected chi connectivity index (χ4v) is 4.15. The van der Waals surface area contributed by atoms with Crippen molar-refractivity contribution in [2.75, 3.05) is 10.6 Å². The maximum absolute atomic E-state index is 12.5. The van der Waals surface area contributed by atoms with E-state index < -0.39 is 0 Å². The van der Waals surface area contributed by atoms with Gasteiger partial charge in [-0.1, -0.05) is 19.3 Å². The number of pyridine rings is 2. The van der Waals surface area contributed by atoms with Crippen LogP contribution < -0.4 is 15.4 Å². The monoisotopic (exact) mass is 442 g/mol. The molecular weight excluding hydrogens is 416 g/mol. The van der Waals surface area contributed by atoms with Crippen LogP contribution in [-0.4, -0.2) is 32.1 Å². The Bertz CT molecular complexity index is 1260. The fourth-order valence-electron chi connectivity index (χ4n) is 4.15. The van der Waals surface area contributed by atoms with Gasteiger partial charge in [0.25, 0.3) is 5.91 Å². The van der Waals surface area contributed by atoms with Crippen molar-refractivity contribution in [3.05, 3.63) is 66.0 Å². The Morgan fingerprint density at radius 2 is 1.82 bits per heavy atom. The number of H-pyrrole nitrogens is 1. The molecule has 1 aliphatic rings. The van der Waals surface area contributed by atoms with E-state index in [1.807, 2.05) is 25.1 Å². The zero-order valence-corrected chi connectivity index (χ0v) is 18.5. The number of nitrogens with zero attached hydrogens (tertiary/aromatic N) is 3. The number of amides is 1. The average Bonchev–Trinajstić information content (AvgIpc) is 3.24. The Balaban J connectivity index is 1.32. The van der Waals surface area contributed by atoms with Crippen LogP contribution in [0.1, 0.15) is 48.0 Å². The summed E-state index contributed by atoms with van der Waals surface area (Å²) in [5.74, 6) is 2.35. The molecule has 5 rings (SSSR count). The molecule has 1 aliphatic carbocycles. The first-order valence-corrected chi connectivity index (χ1v) is 11.3. The van der Waals surface area contributed by atoms with E-state index in [0.717, 1.165) is 29.6 Å². The molecule has 1 fully saturated rings. The summed E-state index contributed by atoms with van der Waals surface area (Å²) in [7, 11) is 0. The normalized spacial score (nSPS) is 14.2. The number of aromatic nitrogens is 4. The Kier molecular flexibility index (Phi) is 5.89. The molecule has 8 nitrogen and oxygen atoms in total. The lowest BCUT2D eigenvalue weighted by Crippen LogP contribution is -2.22. The molecule has 0 radical (unpaired) electrons. The first-order valence-electron chi connectivity index (χ1n) is 11.3. The van der Waals surface area contributed by atoms with Crippen LogP contribution in [0.3, 0.4) is 0 Å². The van der Waals surface area contributed by atoms with E-state index in [9.17, 15) is 4.79 Å². The minimum Gasteiger partial charge on any atom is -0.456 e. The number of carbonyl (C=O) groups is 1. The minimum absolute atomic E-state index is 0.222. The molecule has 8 heteroatoms. The predicted molar refractivity (Wildman–Crippen MR) is 128 cm³/mol. The van der Waals surface area contributed by atoms with E-state index in [1.54, 1.807) is 36.7 Å².